The third-order valence-corrected chi connectivity index (χ3v) is 2.08. The average molecular weight is 184 g/mol. The predicted molar refractivity (Wildman–Crippen MR) is 59.8 cm³/mol. The molecule has 0 aromatic carbocycles. The predicted octanol–water partition coefficient (Wildman–Crippen LogP) is 2.23. The molecule has 13 heavy (non-hydrogen) atoms. The number of rotatable bonds is 8. The number of allylic oxidation sites excluding steroid dienone is 1. The van der Waals surface area contributed by atoms with Gasteiger partial charge in [0.05, 0.1) is 0 Å². The molecule has 0 spiro atoms. The van der Waals surface area contributed by atoms with Gasteiger partial charge in [-0.1, -0.05) is 19.9 Å². The quantitative estimate of drug-likeness (QED) is 0.582. The van der Waals surface area contributed by atoms with Crippen LogP contribution in [-0.2, 0) is 0 Å². The highest BCUT2D eigenvalue weighted by atomic mass is 15.0. The van der Waals surface area contributed by atoms with Crippen molar-refractivity contribution in [2.75, 3.05) is 27.2 Å². The monoisotopic (exact) mass is 184 g/mol. The maximum absolute atomic E-state index is 3.90. The maximum atomic E-state index is 3.90. The molecule has 2 heteroatoms. The van der Waals surface area contributed by atoms with Crippen LogP contribution in [0, 0.1) is 0 Å². The van der Waals surface area contributed by atoms with Crippen molar-refractivity contribution >= 4 is 0 Å². The molecule has 0 saturated heterocycles. The van der Waals surface area contributed by atoms with Gasteiger partial charge in [0.2, 0.25) is 0 Å². The second-order valence-electron chi connectivity index (χ2n) is 3.75. The zero-order chi connectivity index (χ0) is 10.1. The molecule has 0 atom stereocenters. The van der Waals surface area contributed by atoms with Gasteiger partial charge in [-0.05, 0) is 39.9 Å². The van der Waals surface area contributed by atoms with E-state index in [-0.39, 0.29) is 0 Å². The lowest BCUT2D eigenvalue weighted by Crippen LogP contribution is -2.15. The molecule has 0 aliphatic heterocycles. The molecule has 0 bridgehead atoms. The number of hydrogen-bond acceptors (Lipinski definition) is 2. The maximum Gasteiger partial charge on any atom is 0.0143 e. The van der Waals surface area contributed by atoms with Crippen LogP contribution in [0.25, 0.3) is 0 Å². The lowest BCUT2D eigenvalue weighted by molar-refractivity contribution is 0.391. The minimum absolute atomic E-state index is 1.04. The lowest BCUT2D eigenvalue weighted by Gasteiger charge is -2.09. The van der Waals surface area contributed by atoms with Crippen LogP contribution in [0.2, 0.25) is 0 Å². The average Bonchev–Trinajstić information content (AvgIpc) is 2.10. The Morgan fingerprint density at radius 3 is 2.46 bits per heavy atom. The van der Waals surface area contributed by atoms with E-state index < -0.39 is 0 Å². The summed E-state index contributed by atoms with van der Waals surface area (Å²) in [5.41, 5.74) is 1.16. The Labute approximate surface area is 83.0 Å². The fourth-order valence-electron chi connectivity index (χ4n) is 1.12. The Morgan fingerprint density at radius 2 is 1.92 bits per heavy atom. The summed E-state index contributed by atoms with van der Waals surface area (Å²) in [5, 5.41) is 3.31. The van der Waals surface area contributed by atoms with Crippen molar-refractivity contribution in [2.45, 2.75) is 32.6 Å². The van der Waals surface area contributed by atoms with Gasteiger partial charge in [0.15, 0.2) is 0 Å². The van der Waals surface area contributed by atoms with Crippen LogP contribution in [0.4, 0.5) is 0 Å². The molecule has 78 valence electrons. The van der Waals surface area contributed by atoms with Crippen LogP contribution < -0.4 is 5.32 Å². The summed E-state index contributed by atoms with van der Waals surface area (Å²) in [6.07, 6.45) is 4.90. The van der Waals surface area contributed by atoms with Crippen LogP contribution in [0.15, 0.2) is 12.3 Å². The minimum atomic E-state index is 1.04. The molecule has 1 N–H and O–H groups in total. The summed E-state index contributed by atoms with van der Waals surface area (Å²) >= 11 is 0. The molecule has 0 amide bonds. The van der Waals surface area contributed by atoms with Crippen LogP contribution in [0.1, 0.15) is 32.6 Å². The van der Waals surface area contributed by atoms with Crippen molar-refractivity contribution < 1.29 is 0 Å². The molecule has 0 aliphatic carbocycles. The van der Waals surface area contributed by atoms with Crippen molar-refractivity contribution in [3.63, 3.8) is 0 Å². The Morgan fingerprint density at radius 1 is 1.23 bits per heavy atom. The van der Waals surface area contributed by atoms with Crippen molar-refractivity contribution in [3.05, 3.63) is 12.3 Å². The van der Waals surface area contributed by atoms with E-state index in [2.05, 4.69) is 37.8 Å². The Bertz CT molecular complexity index is 130. The van der Waals surface area contributed by atoms with Gasteiger partial charge in [0, 0.05) is 12.2 Å². The molecule has 0 saturated carbocycles. The summed E-state index contributed by atoms with van der Waals surface area (Å²) in [6, 6.07) is 0. The normalized spacial score (nSPS) is 10.5. The molecule has 0 aromatic heterocycles. The molecule has 0 unspecified atom stereocenters. The molecule has 0 aromatic rings. The smallest absolute Gasteiger partial charge is 0.0143 e. The van der Waals surface area contributed by atoms with Gasteiger partial charge in [-0.3, -0.25) is 0 Å². The van der Waals surface area contributed by atoms with Crippen molar-refractivity contribution in [1.82, 2.24) is 10.2 Å². The molecule has 0 radical (unpaired) electrons. The van der Waals surface area contributed by atoms with Gasteiger partial charge in [0.1, 0.15) is 0 Å². The van der Waals surface area contributed by atoms with Gasteiger partial charge in [-0.25, -0.2) is 0 Å². The third kappa shape index (κ3) is 9.41. The molecular weight excluding hydrogens is 160 g/mol. The van der Waals surface area contributed by atoms with Gasteiger partial charge in [0.25, 0.3) is 0 Å². The fraction of sp³-hybridized carbons (Fsp3) is 0.818. The first-order valence-corrected chi connectivity index (χ1v) is 5.23. The van der Waals surface area contributed by atoms with Crippen LogP contribution in [0.5, 0.6) is 0 Å². The topological polar surface area (TPSA) is 15.3 Å². The van der Waals surface area contributed by atoms with E-state index in [0.717, 1.165) is 18.7 Å². The standard InChI is InChI=1S/C11H24N2/c1-5-11(2)12-9-7-6-8-10-13(3)4/h12H,2,5-10H2,1,3-4H3. The first-order valence-electron chi connectivity index (χ1n) is 5.23. The Balaban J connectivity index is 3.04. The number of hydrogen-bond donors (Lipinski definition) is 1. The summed E-state index contributed by atoms with van der Waals surface area (Å²) in [6.45, 7) is 8.31. The summed E-state index contributed by atoms with van der Waals surface area (Å²) in [5.74, 6) is 0. The van der Waals surface area contributed by atoms with Gasteiger partial charge in [-0.2, -0.15) is 0 Å². The first-order chi connectivity index (χ1) is 6.16. The molecule has 0 heterocycles. The summed E-state index contributed by atoms with van der Waals surface area (Å²) in [7, 11) is 4.24. The van der Waals surface area contributed by atoms with E-state index in [1.54, 1.807) is 0 Å². The highest BCUT2D eigenvalue weighted by molar-refractivity contribution is 4.88. The minimum Gasteiger partial charge on any atom is -0.389 e. The number of nitrogens with zero attached hydrogens (tertiary/aromatic N) is 1. The van der Waals surface area contributed by atoms with Gasteiger partial charge < -0.3 is 10.2 Å². The number of nitrogens with one attached hydrogen (secondary N) is 1. The molecule has 0 fully saturated rings. The molecular formula is C11H24N2. The molecule has 0 aliphatic rings. The summed E-state index contributed by atoms with van der Waals surface area (Å²) in [4.78, 5) is 2.23. The second-order valence-corrected chi connectivity index (χ2v) is 3.75. The van der Waals surface area contributed by atoms with Crippen molar-refractivity contribution in [3.8, 4) is 0 Å². The Hall–Kier alpha value is -0.500. The number of unbranched alkanes of at least 4 members (excludes halogenated alkanes) is 2. The van der Waals surface area contributed by atoms with Crippen molar-refractivity contribution in [1.29, 1.82) is 0 Å². The van der Waals surface area contributed by atoms with Crippen LogP contribution in [0.3, 0.4) is 0 Å². The highest BCUT2D eigenvalue weighted by Crippen LogP contribution is 1.97. The van der Waals surface area contributed by atoms with Gasteiger partial charge in [-0.15, -0.1) is 0 Å². The molecule has 2 nitrogen and oxygen atoms in total. The highest BCUT2D eigenvalue weighted by Gasteiger charge is 1.92. The Kier molecular flexibility index (Phi) is 7.80. The zero-order valence-corrected chi connectivity index (χ0v) is 9.40. The van der Waals surface area contributed by atoms with E-state index in [9.17, 15) is 0 Å². The lowest BCUT2D eigenvalue weighted by atomic mass is 10.2. The fourth-order valence-corrected chi connectivity index (χ4v) is 1.12. The van der Waals surface area contributed by atoms with E-state index in [1.807, 2.05) is 0 Å². The van der Waals surface area contributed by atoms with E-state index in [0.29, 0.717) is 0 Å². The van der Waals surface area contributed by atoms with E-state index >= 15 is 0 Å². The van der Waals surface area contributed by atoms with Crippen LogP contribution >= 0.6 is 0 Å². The van der Waals surface area contributed by atoms with Gasteiger partial charge >= 0.3 is 0 Å². The third-order valence-electron chi connectivity index (χ3n) is 2.08. The van der Waals surface area contributed by atoms with E-state index in [1.165, 1.54) is 25.8 Å². The second kappa shape index (κ2) is 8.11. The SMILES string of the molecule is C=C(CC)NCCCCCN(C)C. The van der Waals surface area contributed by atoms with E-state index in [4.69, 9.17) is 0 Å². The van der Waals surface area contributed by atoms with Crippen LogP contribution in [-0.4, -0.2) is 32.1 Å². The first kappa shape index (κ1) is 12.5. The van der Waals surface area contributed by atoms with Crippen molar-refractivity contribution in [2.24, 2.45) is 0 Å². The largest absolute Gasteiger partial charge is 0.389 e. The molecule has 0 rings (SSSR count). The zero-order valence-electron chi connectivity index (χ0n) is 9.40. The summed E-state index contributed by atoms with van der Waals surface area (Å²) < 4.78 is 0.